The average Bonchev–Trinajstić information content (AvgIpc) is 2.60. The van der Waals surface area contributed by atoms with Crippen LogP contribution in [0.25, 0.3) is 0 Å². The Morgan fingerprint density at radius 1 is 1.42 bits per heavy atom. The van der Waals surface area contributed by atoms with Crippen molar-refractivity contribution in [3.8, 4) is 0 Å². The molecule has 1 aromatic rings. The van der Waals surface area contributed by atoms with Gasteiger partial charge < -0.3 is 5.32 Å². The normalized spacial score (nSPS) is 13.8. The Kier molecular flexibility index (Phi) is 6.40. The van der Waals surface area contributed by atoms with E-state index in [2.05, 4.69) is 65.6 Å². The number of aromatic nitrogens is 2. The van der Waals surface area contributed by atoms with Gasteiger partial charge in [-0.05, 0) is 36.8 Å². The van der Waals surface area contributed by atoms with Crippen LogP contribution in [0.2, 0.25) is 0 Å². The lowest BCUT2D eigenvalue weighted by Gasteiger charge is -2.23. The van der Waals surface area contributed by atoms with Crippen LogP contribution in [0.4, 0.5) is 0 Å². The summed E-state index contributed by atoms with van der Waals surface area (Å²) in [4.78, 5) is 0. The van der Waals surface area contributed by atoms with Gasteiger partial charge in [-0.3, -0.25) is 4.68 Å². The summed E-state index contributed by atoms with van der Waals surface area (Å²) < 4.78 is 3.58. The van der Waals surface area contributed by atoms with Crippen molar-refractivity contribution in [3.63, 3.8) is 0 Å². The van der Waals surface area contributed by atoms with Crippen molar-refractivity contribution in [2.45, 2.75) is 58.4 Å². The first-order valence-electron chi connectivity index (χ1n) is 6.81. The van der Waals surface area contributed by atoms with Gasteiger partial charge in [-0.1, -0.05) is 20.8 Å². The molecule has 1 N–H and O–H groups in total. The van der Waals surface area contributed by atoms with Gasteiger partial charge in [-0.25, -0.2) is 0 Å². The summed E-state index contributed by atoms with van der Waals surface area (Å²) in [6.07, 6.45) is 1.01. The molecule has 0 aliphatic heterocycles. The average molecular weight is 348 g/mol. The Morgan fingerprint density at radius 2 is 2.05 bits per heavy atom. The van der Waals surface area contributed by atoms with E-state index in [1.807, 2.05) is 18.8 Å². The maximum atomic E-state index is 4.56. The molecule has 1 atom stereocenters. The maximum Gasteiger partial charge on any atom is 0.0738 e. The van der Waals surface area contributed by atoms with Crippen LogP contribution in [0, 0.1) is 6.92 Å². The number of hydrogen-bond acceptors (Lipinski definition) is 3. The molecule has 1 unspecified atom stereocenters. The fraction of sp³-hybridized carbons (Fsp3) is 0.786. The third kappa shape index (κ3) is 5.12. The first-order chi connectivity index (χ1) is 8.78. The predicted octanol–water partition coefficient (Wildman–Crippen LogP) is 3.64. The fourth-order valence-electron chi connectivity index (χ4n) is 1.89. The second-order valence-electron chi connectivity index (χ2n) is 5.77. The second-order valence-corrected chi connectivity index (χ2v) is 8.41. The van der Waals surface area contributed by atoms with Crippen LogP contribution < -0.4 is 5.32 Å². The number of hydrogen-bond donors (Lipinski definition) is 1. The minimum absolute atomic E-state index is 0.313. The molecule has 110 valence electrons. The molecule has 1 aromatic heterocycles. The molecule has 0 fully saturated rings. The highest BCUT2D eigenvalue weighted by Gasteiger charge is 2.19. The Balaban J connectivity index is 2.75. The summed E-state index contributed by atoms with van der Waals surface area (Å²) >= 11 is 5.68. The smallest absolute Gasteiger partial charge is 0.0738 e. The molecule has 0 aromatic carbocycles. The molecule has 0 aliphatic rings. The van der Waals surface area contributed by atoms with E-state index in [1.54, 1.807) is 0 Å². The van der Waals surface area contributed by atoms with Crippen molar-refractivity contribution in [2.75, 3.05) is 12.8 Å². The first kappa shape index (κ1) is 17.1. The van der Waals surface area contributed by atoms with Gasteiger partial charge in [0.2, 0.25) is 0 Å². The van der Waals surface area contributed by atoms with Gasteiger partial charge >= 0.3 is 0 Å². The highest BCUT2D eigenvalue weighted by molar-refractivity contribution is 9.10. The molecule has 0 saturated carbocycles. The minimum atomic E-state index is 0.313. The molecular formula is C14H26BrN3S. The van der Waals surface area contributed by atoms with E-state index in [4.69, 9.17) is 0 Å². The van der Waals surface area contributed by atoms with Crippen molar-refractivity contribution in [3.05, 3.63) is 15.9 Å². The van der Waals surface area contributed by atoms with Gasteiger partial charge in [0, 0.05) is 29.5 Å². The number of likely N-dealkylation sites (N-methyl/N-ethyl adjacent to an activating group) is 1. The van der Waals surface area contributed by atoms with Crippen LogP contribution in [0.5, 0.6) is 0 Å². The predicted molar refractivity (Wildman–Crippen MR) is 89.1 cm³/mol. The van der Waals surface area contributed by atoms with Crippen molar-refractivity contribution in [1.29, 1.82) is 0 Å². The number of nitrogens with one attached hydrogen (secondary N) is 1. The number of aryl methyl sites for hydroxylation is 2. The van der Waals surface area contributed by atoms with Gasteiger partial charge in [0.05, 0.1) is 15.9 Å². The van der Waals surface area contributed by atoms with Gasteiger partial charge in [-0.2, -0.15) is 16.9 Å². The molecule has 19 heavy (non-hydrogen) atoms. The summed E-state index contributed by atoms with van der Waals surface area (Å²) in [7, 11) is 2.04. The first-order valence-corrected chi connectivity index (χ1v) is 8.59. The van der Waals surface area contributed by atoms with E-state index in [-0.39, 0.29) is 0 Å². The zero-order chi connectivity index (χ0) is 14.6. The van der Waals surface area contributed by atoms with Crippen LogP contribution in [-0.2, 0) is 13.0 Å². The SMILES string of the molecule is CCn1nc(C)c(Br)c1CC(CSC(C)(C)C)NC. The number of thioether (sulfide) groups is 1. The van der Waals surface area contributed by atoms with Gasteiger partial charge in [0.15, 0.2) is 0 Å². The summed E-state index contributed by atoms with van der Waals surface area (Å²) in [6, 6.07) is 0.474. The van der Waals surface area contributed by atoms with E-state index in [0.717, 1.165) is 28.9 Å². The van der Waals surface area contributed by atoms with Gasteiger partial charge in [0.1, 0.15) is 0 Å². The van der Waals surface area contributed by atoms with E-state index >= 15 is 0 Å². The van der Waals surface area contributed by atoms with Crippen molar-refractivity contribution in [2.24, 2.45) is 0 Å². The molecule has 0 spiro atoms. The van der Waals surface area contributed by atoms with Crippen LogP contribution >= 0.6 is 27.7 Å². The molecule has 1 heterocycles. The topological polar surface area (TPSA) is 29.9 Å². The Morgan fingerprint density at radius 3 is 2.53 bits per heavy atom. The molecule has 0 radical (unpaired) electrons. The van der Waals surface area contributed by atoms with Crippen LogP contribution in [0.15, 0.2) is 4.47 Å². The van der Waals surface area contributed by atoms with Crippen molar-refractivity contribution in [1.82, 2.24) is 15.1 Å². The number of halogens is 1. The lowest BCUT2D eigenvalue weighted by atomic mass is 10.1. The van der Waals surface area contributed by atoms with E-state index in [0.29, 0.717) is 10.8 Å². The molecule has 0 amide bonds. The third-order valence-corrected chi connectivity index (χ3v) is 5.48. The summed E-state index contributed by atoms with van der Waals surface area (Å²) in [6.45, 7) is 11.9. The molecule has 1 rings (SSSR count). The van der Waals surface area contributed by atoms with E-state index in [1.165, 1.54) is 5.69 Å². The van der Waals surface area contributed by atoms with Crippen LogP contribution in [0.3, 0.4) is 0 Å². The quantitative estimate of drug-likeness (QED) is 0.851. The standard InChI is InChI=1S/C14H26BrN3S/c1-7-18-12(13(15)10(2)17-18)8-11(16-6)9-19-14(3,4)5/h11,16H,7-9H2,1-6H3. The molecule has 5 heteroatoms. The Labute approximate surface area is 130 Å². The molecule has 0 aliphatic carbocycles. The lowest BCUT2D eigenvalue weighted by Crippen LogP contribution is -2.32. The molecular weight excluding hydrogens is 322 g/mol. The molecule has 0 bridgehead atoms. The van der Waals surface area contributed by atoms with Gasteiger partial charge in [-0.15, -0.1) is 0 Å². The van der Waals surface area contributed by atoms with Crippen molar-refractivity contribution >= 4 is 27.7 Å². The zero-order valence-corrected chi connectivity index (χ0v) is 15.3. The maximum absolute atomic E-state index is 4.56. The van der Waals surface area contributed by atoms with Crippen LogP contribution in [0.1, 0.15) is 39.1 Å². The Bertz CT molecular complexity index is 410. The molecule has 3 nitrogen and oxygen atoms in total. The fourth-order valence-corrected chi connectivity index (χ4v) is 3.32. The third-order valence-electron chi connectivity index (χ3n) is 3.02. The van der Waals surface area contributed by atoms with Gasteiger partial charge in [0.25, 0.3) is 0 Å². The number of nitrogens with zero attached hydrogens (tertiary/aromatic N) is 2. The lowest BCUT2D eigenvalue weighted by molar-refractivity contribution is 0.554. The van der Waals surface area contributed by atoms with E-state index < -0.39 is 0 Å². The minimum Gasteiger partial charge on any atom is -0.316 e. The Hall–Kier alpha value is -0.0000000000000000763. The van der Waals surface area contributed by atoms with E-state index in [9.17, 15) is 0 Å². The summed E-state index contributed by atoms with van der Waals surface area (Å²) in [5.74, 6) is 1.11. The number of rotatable bonds is 6. The van der Waals surface area contributed by atoms with Crippen molar-refractivity contribution < 1.29 is 0 Å². The summed E-state index contributed by atoms with van der Waals surface area (Å²) in [5, 5.41) is 7.99. The molecule has 0 saturated heterocycles. The zero-order valence-electron chi connectivity index (χ0n) is 12.9. The largest absolute Gasteiger partial charge is 0.316 e. The second kappa shape index (κ2) is 7.14. The monoisotopic (exact) mass is 347 g/mol. The van der Waals surface area contributed by atoms with Crippen LogP contribution in [-0.4, -0.2) is 33.4 Å². The highest BCUT2D eigenvalue weighted by Crippen LogP contribution is 2.26. The highest BCUT2D eigenvalue weighted by atomic mass is 79.9. The summed E-state index contributed by atoms with van der Waals surface area (Å²) in [5.41, 5.74) is 2.38.